The lowest BCUT2D eigenvalue weighted by atomic mass is 10.1. The largest absolute Gasteiger partial charge is 0.497 e. The Bertz CT molecular complexity index is 889. The van der Waals surface area contributed by atoms with Gasteiger partial charge in [-0.05, 0) is 36.2 Å². The highest BCUT2D eigenvalue weighted by molar-refractivity contribution is 5.59. The van der Waals surface area contributed by atoms with Gasteiger partial charge in [-0.25, -0.2) is 18.7 Å². The molecule has 0 atom stereocenters. The van der Waals surface area contributed by atoms with Gasteiger partial charge in [-0.1, -0.05) is 12.1 Å². The van der Waals surface area contributed by atoms with Crippen LogP contribution in [0.15, 0.2) is 54.9 Å². The Kier molecular flexibility index (Phi) is 5.58. The van der Waals surface area contributed by atoms with E-state index < -0.39 is 11.6 Å². The molecule has 3 aromatic rings. The van der Waals surface area contributed by atoms with Gasteiger partial charge in [0.2, 0.25) is 0 Å². The maximum atomic E-state index is 13.7. The average molecular weight is 356 g/mol. The van der Waals surface area contributed by atoms with E-state index in [9.17, 15) is 8.78 Å². The molecule has 134 valence electrons. The smallest absolute Gasteiger partial charge is 0.149 e. The molecule has 2 aromatic carbocycles. The Balaban J connectivity index is 1.60. The van der Waals surface area contributed by atoms with Crippen LogP contribution in [0.4, 0.5) is 26.1 Å². The minimum absolute atomic E-state index is 0.146. The fourth-order valence-corrected chi connectivity index (χ4v) is 2.41. The van der Waals surface area contributed by atoms with Crippen LogP contribution in [0.3, 0.4) is 0 Å². The fourth-order valence-electron chi connectivity index (χ4n) is 2.41. The molecule has 7 heteroatoms. The molecule has 26 heavy (non-hydrogen) atoms. The van der Waals surface area contributed by atoms with Crippen LogP contribution in [-0.4, -0.2) is 23.6 Å². The minimum Gasteiger partial charge on any atom is -0.497 e. The van der Waals surface area contributed by atoms with E-state index in [2.05, 4.69) is 20.6 Å². The van der Waals surface area contributed by atoms with Crippen LogP contribution < -0.4 is 15.4 Å². The summed E-state index contributed by atoms with van der Waals surface area (Å²) >= 11 is 0. The van der Waals surface area contributed by atoms with Gasteiger partial charge < -0.3 is 15.4 Å². The van der Waals surface area contributed by atoms with Crippen LogP contribution in [-0.2, 0) is 6.42 Å². The number of halogens is 2. The standard InChI is InChI=1S/C19H18F2N4O/c1-26-15-4-2-3-13(9-15)7-8-22-18-11-19(24-12-23-18)25-17-6-5-14(20)10-16(17)21/h2-6,9-12H,7-8H2,1H3,(H2,22,23,24,25). The molecule has 2 N–H and O–H groups in total. The van der Waals surface area contributed by atoms with E-state index in [1.165, 1.54) is 18.5 Å². The molecule has 0 unspecified atom stereocenters. The Hall–Kier alpha value is -3.22. The third-order valence-electron chi connectivity index (χ3n) is 3.71. The van der Waals surface area contributed by atoms with E-state index in [0.717, 1.165) is 23.8 Å². The zero-order valence-corrected chi connectivity index (χ0v) is 14.2. The number of benzene rings is 2. The van der Waals surface area contributed by atoms with E-state index in [1.807, 2.05) is 24.3 Å². The van der Waals surface area contributed by atoms with Gasteiger partial charge in [-0.2, -0.15) is 0 Å². The number of nitrogens with one attached hydrogen (secondary N) is 2. The first-order valence-electron chi connectivity index (χ1n) is 8.05. The molecule has 1 heterocycles. The monoisotopic (exact) mass is 356 g/mol. The Labute approximate surface area is 150 Å². The number of methoxy groups -OCH3 is 1. The lowest BCUT2D eigenvalue weighted by Gasteiger charge is -2.10. The van der Waals surface area contributed by atoms with Gasteiger partial charge in [0.15, 0.2) is 0 Å². The molecule has 0 aliphatic carbocycles. The van der Waals surface area contributed by atoms with Crippen molar-refractivity contribution in [2.45, 2.75) is 6.42 Å². The van der Waals surface area contributed by atoms with Crippen molar-refractivity contribution in [3.05, 3.63) is 72.1 Å². The highest BCUT2D eigenvalue weighted by Gasteiger charge is 2.06. The molecular formula is C19H18F2N4O. The first-order valence-corrected chi connectivity index (χ1v) is 8.05. The summed E-state index contributed by atoms with van der Waals surface area (Å²) in [5.41, 5.74) is 1.28. The van der Waals surface area contributed by atoms with Crippen LogP contribution in [0.25, 0.3) is 0 Å². The first-order chi connectivity index (χ1) is 12.6. The maximum absolute atomic E-state index is 13.7. The summed E-state index contributed by atoms with van der Waals surface area (Å²) in [6.45, 7) is 0.661. The van der Waals surface area contributed by atoms with Crippen molar-refractivity contribution in [3.8, 4) is 5.75 Å². The average Bonchev–Trinajstić information content (AvgIpc) is 2.65. The van der Waals surface area contributed by atoms with Gasteiger partial charge in [0.05, 0.1) is 12.8 Å². The molecule has 5 nitrogen and oxygen atoms in total. The molecule has 0 bridgehead atoms. The van der Waals surface area contributed by atoms with Crippen LogP contribution in [0.2, 0.25) is 0 Å². The highest BCUT2D eigenvalue weighted by Crippen LogP contribution is 2.20. The number of hydrogen-bond donors (Lipinski definition) is 2. The summed E-state index contributed by atoms with van der Waals surface area (Å²) in [7, 11) is 1.64. The summed E-state index contributed by atoms with van der Waals surface area (Å²) in [5, 5.41) is 6.01. The number of nitrogens with zero attached hydrogens (tertiary/aromatic N) is 2. The summed E-state index contributed by atoms with van der Waals surface area (Å²) < 4.78 is 31.9. The molecule has 0 saturated carbocycles. The van der Waals surface area contributed by atoms with Gasteiger partial charge in [-0.15, -0.1) is 0 Å². The van der Waals surface area contributed by atoms with Crippen LogP contribution in [0, 0.1) is 11.6 Å². The van der Waals surface area contributed by atoms with E-state index in [4.69, 9.17) is 4.74 Å². The lowest BCUT2D eigenvalue weighted by Crippen LogP contribution is -2.07. The van der Waals surface area contributed by atoms with Gasteiger partial charge in [0, 0.05) is 18.7 Å². The predicted octanol–water partition coefficient (Wildman–Crippen LogP) is 4.16. The summed E-state index contributed by atoms with van der Waals surface area (Å²) in [6, 6.07) is 12.8. The molecule has 0 saturated heterocycles. The fraction of sp³-hybridized carbons (Fsp3) is 0.158. The SMILES string of the molecule is COc1cccc(CCNc2cc(Nc3ccc(F)cc3F)ncn2)c1. The van der Waals surface area contributed by atoms with Crippen molar-refractivity contribution in [2.24, 2.45) is 0 Å². The van der Waals surface area contributed by atoms with Crippen LogP contribution in [0.1, 0.15) is 5.56 Å². The molecule has 0 fully saturated rings. The quantitative estimate of drug-likeness (QED) is 0.666. The van der Waals surface area contributed by atoms with Crippen LogP contribution >= 0.6 is 0 Å². The third kappa shape index (κ3) is 4.66. The third-order valence-corrected chi connectivity index (χ3v) is 3.71. The topological polar surface area (TPSA) is 59.1 Å². The molecule has 0 aliphatic heterocycles. The normalized spacial score (nSPS) is 10.4. The molecule has 0 aliphatic rings. The van der Waals surface area contributed by atoms with Crippen molar-refractivity contribution in [1.29, 1.82) is 0 Å². The lowest BCUT2D eigenvalue weighted by molar-refractivity contribution is 0.414. The van der Waals surface area contributed by atoms with E-state index in [-0.39, 0.29) is 5.69 Å². The van der Waals surface area contributed by atoms with E-state index >= 15 is 0 Å². The molecule has 3 rings (SSSR count). The van der Waals surface area contributed by atoms with Gasteiger partial charge in [0.1, 0.15) is 35.3 Å². The summed E-state index contributed by atoms with van der Waals surface area (Å²) in [4.78, 5) is 8.19. The second kappa shape index (κ2) is 8.24. The Morgan fingerprint density at radius 2 is 1.85 bits per heavy atom. The Morgan fingerprint density at radius 3 is 2.65 bits per heavy atom. The van der Waals surface area contributed by atoms with E-state index in [0.29, 0.717) is 18.2 Å². The van der Waals surface area contributed by atoms with Crippen molar-refractivity contribution >= 4 is 17.3 Å². The first kappa shape index (κ1) is 17.6. The number of rotatable bonds is 7. The number of anilines is 3. The number of ether oxygens (including phenoxy) is 1. The second-order valence-corrected chi connectivity index (χ2v) is 5.57. The maximum Gasteiger partial charge on any atom is 0.149 e. The van der Waals surface area contributed by atoms with Gasteiger partial charge in [-0.3, -0.25) is 0 Å². The van der Waals surface area contributed by atoms with Crippen LogP contribution in [0.5, 0.6) is 5.75 Å². The van der Waals surface area contributed by atoms with Crippen molar-refractivity contribution in [1.82, 2.24) is 9.97 Å². The predicted molar refractivity (Wildman–Crippen MR) is 96.9 cm³/mol. The summed E-state index contributed by atoms with van der Waals surface area (Å²) in [5.74, 6) is 0.520. The molecular weight excluding hydrogens is 338 g/mol. The van der Waals surface area contributed by atoms with Crippen molar-refractivity contribution < 1.29 is 13.5 Å². The van der Waals surface area contributed by atoms with Crippen molar-refractivity contribution in [3.63, 3.8) is 0 Å². The number of hydrogen-bond acceptors (Lipinski definition) is 5. The molecule has 0 spiro atoms. The summed E-state index contributed by atoms with van der Waals surface area (Å²) in [6.07, 6.45) is 2.16. The number of aromatic nitrogens is 2. The molecule has 1 aromatic heterocycles. The zero-order valence-electron chi connectivity index (χ0n) is 14.2. The molecule has 0 amide bonds. The molecule has 0 radical (unpaired) electrons. The van der Waals surface area contributed by atoms with E-state index in [1.54, 1.807) is 13.2 Å². The second-order valence-electron chi connectivity index (χ2n) is 5.57. The van der Waals surface area contributed by atoms with Gasteiger partial charge >= 0.3 is 0 Å². The van der Waals surface area contributed by atoms with Crippen molar-refractivity contribution in [2.75, 3.05) is 24.3 Å². The van der Waals surface area contributed by atoms with Gasteiger partial charge in [0.25, 0.3) is 0 Å². The zero-order chi connectivity index (χ0) is 18.4. The Morgan fingerprint density at radius 1 is 1.00 bits per heavy atom. The highest BCUT2D eigenvalue weighted by atomic mass is 19.1. The minimum atomic E-state index is -0.684.